The lowest BCUT2D eigenvalue weighted by molar-refractivity contribution is 1.46. The molecule has 0 N–H and O–H groups in total. The van der Waals surface area contributed by atoms with Crippen molar-refractivity contribution in [3.05, 3.63) is 139 Å². The third-order valence-electron chi connectivity index (χ3n) is 6.17. The van der Waals surface area contributed by atoms with Gasteiger partial charge in [-0.1, -0.05) is 127 Å². The maximum Gasteiger partial charge on any atom is -0.00723 e. The largest absolute Gasteiger partial charge is 0.0622 e. The molecule has 0 unspecified atom stereocenters. The van der Waals surface area contributed by atoms with E-state index >= 15 is 0 Å². The lowest BCUT2D eigenvalue weighted by Gasteiger charge is -2.25. The highest BCUT2D eigenvalue weighted by molar-refractivity contribution is 7.80. The summed E-state index contributed by atoms with van der Waals surface area (Å²) in [6.45, 7) is 4.41. The van der Waals surface area contributed by atoms with Crippen molar-refractivity contribution in [2.75, 3.05) is 0 Å². The summed E-state index contributed by atoms with van der Waals surface area (Å²) in [5, 5.41) is 4.16. The Labute approximate surface area is 198 Å². The molecule has 0 aliphatic rings. The molecule has 0 fully saturated rings. The number of hydrogen-bond donors (Lipinski definition) is 0. The first-order chi connectivity index (χ1) is 16.2. The number of benzene rings is 5. The summed E-state index contributed by atoms with van der Waals surface area (Å²) in [6, 6.07) is 46.4. The van der Waals surface area contributed by atoms with E-state index in [1.807, 2.05) is 0 Å². The second-order valence-corrected chi connectivity index (χ2v) is 10.5. The predicted molar refractivity (Wildman–Crippen MR) is 145 cm³/mol. The highest BCUT2D eigenvalue weighted by Crippen LogP contribution is 2.41. The Morgan fingerprint density at radius 3 is 1.18 bits per heavy atom. The number of rotatable bonds is 5. The van der Waals surface area contributed by atoms with Gasteiger partial charge in [-0.2, -0.15) is 0 Å². The number of aryl methyl sites for hydroxylation is 2. The third-order valence-corrected chi connectivity index (χ3v) is 8.73. The lowest BCUT2D eigenvalue weighted by atomic mass is 10.0. The quantitative estimate of drug-likeness (QED) is 0.249. The molecule has 5 aromatic carbocycles. The van der Waals surface area contributed by atoms with Gasteiger partial charge < -0.3 is 0 Å². The smallest absolute Gasteiger partial charge is 0.00723 e. The van der Waals surface area contributed by atoms with Gasteiger partial charge in [0.25, 0.3) is 0 Å². The first-order valence-corrected chi connectivity index (χ1v) is 12.7. The van der Waals surface area contributed by atoms with Crippen LogP contribution >= 0.6 is 7.92 Å². The van der Waals surface area contributed by atoms with Gasteiger partial charge in [0.1, 0.15) is 0 Å². The van der Waals surface area contributed by atoms with Gasteiger partial charge in [0.05, 0.1) is 0 Å². The van der Waals surface area contributed by atoms with E-state index in [4.69, 9.17) is 0 Å². The number of hydrogen-bond acceptors (Lipinski definition) is 0. The minimum absolute atomic E-state index is 0.760. The molecule has 0 nitrogen and oxygen atoms in total. The molecular weight excluding hydrogens is 415 g/mol. The summed E-state index contributed by atoms with van der Waals surface area (Å²) in [4.78, 5) is 0. The minimum atomic E-state index is -0.760. The van der Waals surface area contributed by atoms with Crippen LogP contribution in [0.25, 0.3) is 22.3 Å². The van der Waals surface area contributed by atoms with Gasteiger partial charge in [-0.05, 0) is 71.1 Å². The maximum absolute atomic E-state index is 2.33. The van der Waals surface area contributed by atoms with Crippen molar-refractivity contribution in [2.24, 2.45) is 0 Å². The molecule has 0 aliphatic carbocycles. The molecule has 0 aliphatic heterocycles. The van der Waals surface area contributed by atoms with E-state index < -0.39 is 7.92 Å². The fraction of sp³-hybridized carbons (Fsp3) is 0.0625. The van der Waals surface area contributed by atoms with E-state index in [2.05, 4.69) is 141 Å². The highest BCUT2D eigenvalue weighted by Gasteiger charge is 2.23. The van der Waals surface area contributed by atoms with Gasteiger partial charge in [0, 0.05) is 0 Å². The molecule has 33 heavy (non-hydrogen) atoms. The molecule has 0 bridgehead atoms. The van der Waals surface area contributed by atoms with Crippen molar-refractivity contribution in [3.8, 4) is 22.3 Å². The van der Waals surface area contributed by atoms with Crippen molar-refractivity contribution in [2.45, 2.75) is 13.8 Å². The van der Waals surface area contributed by atoms with Crippen LogP contribution in [0, 0.1) is 13.8 Å². The molecule has 0 amide bonds. The van der Waals surface area contributed by atoms with E-state index in [1.165, 1.54) is 49.3 Å². The zero-order valence-electron chi connectivity index (χ0n) is 19.1. The third kappa shape index (κ3) is 4.28. The van der Waals surface area contributed by atoms with Gasteiger partial charge in [0.2, 0.25) is 0 Å². The van der Waals surface area contributed by atoms with Crippen molar-refractivity contribution in [3.63, 3.8) is 0 Å². The molecule has 0 atom stereocenters. The molecule has 5 rings (SSSR count). The summed E-state index contributed by atoms with van der Waals surface area (Å²) in [5.41, 5.74) is 7.88. The summed E-state index contributed by atoms with van der Waals surface area (Å²) < 4.78 is 0. The van der Waals surface area contributed by atoms with E-state index in [9.17, 15) is 0 Å². The van der Waals surface area contributed by atoms with Gasteiger partial charge >= 0.3 is 0 Å². The molecule has 0 radical (unpaired) electrons. The molecule has 1 heteroatoms. The van der Waals surface area contributed by atoms with Crippen LogP contribution in [0.2, 0.25) is 0 Å². The highest BCUT2D eigenvalue weighted by atomic mass is 31.1. The van der Waals surface area contributed by atoms with E-state index in [1.54, 1.807) is 0 Å². The normalized spacial score (nSPS) is 11.0. The van der Waals surface area contributed by atoms with Crippen LogP contribution in [0.3, 0.4) is 0 Å². The molecule has 0 aromatic heterocycles. The fourth-order valence-electron chi connectivity index (χ4n) is 4.53. The summed E-state index contributed by atoms with van der Waals surface area (Å²) in [5.74, 6) is 0. The second kappa shape index (κ2) is 9.57. The van der Waals surface area contributed by atoms with E-state index in [0.29, 0.717) is 0 Å². The molecule has 5 aromatic rings. The maximum atomic E-state index is 2.33. The van der Waals surface area contributed by atoms with E-state index in [-0.39, 0.29) is 0 Å². The molecular formula is C32H27P. The Balaban J connectivity index is 1.80. The SMILES string of the molecule is Cc1ccccc1-c1ccccc1P(c1ccccc1)c1ccccc1-c1ccccc1C. The molecule has 160 valence electrons. The van der Waals surface area contributed by atoms with Crippen LogP contribution in [0.5, 0.6) is 0 Å². The van der Waals surface area contributed by atoms with Crippen LogP contribution in [0.4, 0.5) is 0 Å². The molecule has 0 heterocycles. The average molecular weight is 443 g/mol. The van der Waals surface area contributed by atoms with Crippen molar-refractivity contribution in [1.82, 2.24) is 0 Å². The molecule has 0 spiro atoms. The first-order valence-electron chi connectivity index (χ1n) is 11.4. The van der Waals surface area contributed by atoms with Crippen molar-refractivity contribution in [1.29, 1.82) is 0 Å². The Hall–Kier alpha value is -3.47. The van der Waals surface area contributed by atoms with Gasteiger partial charge in [0.15, 0.2) is 0 Å². The predicted octanol–water partition coefficient (Wildman–Crippen LogP) is 7.40. The Bertz CT molecular complexity index is 1300. The van der Waals surface area contributed by atoms with Gasteiger partial charge in [-0.3, -0.25) is 0 Å². The topological polar surface area (TPSA) is 0 Å². The summed E-state index contributed by atoms with van der Waals surface area (Å²) in [7, 11) is -0.760. The Morgan fingerprint density at radius 1 is 0.364 bits per heavy atom. The molecule has 0 saturated heterocycles. The van der Waals surface area contributed by atoms with Gasteiger partial charge in [-0.15, -0.1) is 0 Å². The Kier molecular flexibility index (Phi) is 6.20. The standard InChI is InChI=1S/C32H27P/c1-24-14-6-8-18-27(24)29-20-10-12-22-31(29)33(26-16-4-3-5-17-26)32-23-13-11-21-30(32)28-19-9-7-15-25(28)2/h3-23H,1-2H3. The zero-order valence-corrected chi connectivity index (χ0v) is 20.0. The lowest BCUT2D eigenvalue weighted by Crippen LogP contribution is -2.23. The van der Waals surface area contributed by atoms with Crippen LogP contribution < -0.4 is 15.9 Å². The average Bonchev–Trinajstić information content (AvgIpc) is 2.86. The van der Waals surface area contributed by atoms with Gasteiger partial charge in [-0.25, -0.2) is 0 Å². The first kappa shape index (κ1) is 21.4. The zero-order chi connectivity index (χ0) is 22.6. The Morgan fingerprint density at radius 2 is 0.727 bits per heavy atom. The monoisotopic (exact) mass is 442 g/mol. The summed E-state index contributed by atoms with van der Waals surface area (Å²) in [6.07, 6.45) is 0. The van der Waals surface area contributed by atoms with Crippen molar-refractivity contribution >= 4 is 23.8 Å². The van der Waals surface area contributed by atoms with E-state index in [0.717, 1.165) is 0 Å². The van der Waals surface area contributed by atoms with Crippen molar-refractivity contribution < 1.29 is 0 Å². The van der Waals surface area contributed by atoms with Crippen LogP contribution in [-0.4, -0.2) is 0 Å². The minimum Gasteiger partial charge on any atom is -0.0622 e. The van der Waals surface area contributed by atoms with Crippen LogP contribution in [0.15, 0.2) is 127 Å². The second-order valence-electron chi connectivity index (χ2n) is 8.34. The van der Waals surface area contributed by atoms with Crippen LogP contribution in [-0.2, 0) is 0 Å². The van der Waals surface area contributed by atoms with Crippen LogP contribution in [0.1, 0.15) is 11.1 Å². The molecule has 0 saturated carbocycles. The fourth-order valence-corrected chi connectivity index (χ4v) is 7.16. The summed E-state index contributed by atoms with van der Waals surface area (Å²) >= 11 is 0.